The molecule has 0 unspecified atom stereocenters. The molecular formula is C55H85NO13. The number of Topliss-reactive ketones (excluding diaryl/α,β-unsaturated/α-hetero) is 2. The number of piperidine rings is 1. The van der Waals surface area contributed by atoms with Crippen LogP contribution in [0.1, 0.15) is 139 Å². The minimum Gasteiger partial charge on any atom is -0.460 e. The van der Waals surface area contributed by atoms with Crippen molar-refractivity contribution in [3.8, 4) is 11.8 Å². The molecule has 0 aromatic rings. The molecule has 1 aliphatic carbocycles. The second-order valence-corrected chi connectivity index (χ2v) is 20.6. The number of hydrogen-bond acceptors (Lipinski definition) is 13. The van der Waals surface area contributed by atoms with Gasteiger partial charge in [-0.3, -0.25) is 14.4 Å². The van der Waals surface area contributed by atoms with Gasteiger partial charge in [-0.15, -0.1) is 5.92 Å². The Balaban J connectivity index is 1.72. The number of aliphatic hydroxyl groups is 4. The van der Waals surface area contributed by atoms with E-state index >= 15 is 0 Å². The fourth-order valence-corrected chi connectivity index (χ4v) is 10.5. The molecule has 0 aromatic heterocycles. The van der Waals surface area contributed by atoms with Gasteiger partial charge in [0.15, 0.2) is 5.78 Å². The molecule has 2 saturated heterocycles. The number of carbonyl (C=O) groups is 4. The number of esters is 1. The van der Waals surface area contributed by atoms with Crippen LogP contribution >= 0.6 is 0 Å². The van der Waals surface area contributed by atoms with E-state index in [1.165, 1.54) is 12.0 Å². The monoisotopic (exact) mass is 968 g/mol. The Morgan fingerprint density at radius 3 is 2.29 bits per heavy atom. The van der Waals surface area contributed by atoms with E-state index in [9.17, 15) is 39.6 Å². The zero-order valence-corrected chi connectivity index (χ0v) is 43.1. The average molecular weight is 968 g/mol. The molecule has 69 heavy (non-hydrogen) atoms. The first-order valence-corrected chi connectivity index (χ1v) is 25.6. The van der Waals surface area contributed by atoms with Gasteiger partial charge in [0.25, 0.3) is 11.7 Å². The number of amides is 1. The van der Waals surface area contributed by atoms with E-state index in [1.54, 1.807) is 34.0 Å². The maximum absolute atomic E-state index is 14.5. The summed E-state index contributed by atoms with van der Waals surface area (Å²) in [6, 6.07) is -1.12. The Hall–Kier alpha value is -3.52. The number of carbonyl (C=O) groups excluding carboxylic acids is 4. The fraction of sp³-hybridized carbons (Fsp3) is 0.745. The van der Waals surface area contributed by atoms with Gasteiger partial charge in [0.1, 0.15) is 31.0 Å². The first-order valence-electron chi connectivity index (χ1n) is 25.6. The number of allylic oxidation sites excluding steroid dienone is 5. The summed E-state index contributed by atoms with van der Waals surface area (Å²) in [4.78, 5) is 58.2. The zero-order valence-electron chi connectivity index (χ0n) is 43.1. The standard InChI is InChI=1S/C55H85NO13/c1-11-12-18-27-67-46-32-42-24-22-40(8)55(64,69-42)52(61)53(62)56-26-17-16-21-43(56)54(63)68-47(37(5)30-41-23-25-44(57)48(31-41)65-9)33-45(58)36(4)29-39(7)50(60)51(66-10)49(59)38(6)28-34(2)19-14-13-15-20-35(46)3/h13-15,19-20,29,34,36-38,40-48,50-51,57-58,60,64H,11,16-17,21-28,30-33H2,1-10H3/b15-13+,19-14+,35-20+,39-29+/t34-,36-,37-,38-,40-,41-,42+,43+,44-,45+,46+,47+,48-,50-,51+,55-/m1/s1. The molecule has 4 N–H and O–H groups in total. The highest BCUT2D eigenvalue weighted by Gasteiger charge is 2.53. The molecule has 4 aliphatic rings. The van der Waals surface area contributed by atoms with Gasteiger partial charge in [-0.05, 0) is 107 Å². The third-order valence-electron chi connectivity index (χ3n) is 15.0. The number of ether oxygens (including phenoxy) is 5. The minimum absolute atomic E-state index is 0.0118. The predicted molar refractivity (Wildman–Crippen MR) is 263 cm³/mol. The molecular weight excluding hydrogens is 883 g/mol. The van der Waals surface area contributed by atoms with E-state index in [1.807, 2.05) is 65.0 Å². The Kier molecular flexibility index (Phi) is 23.5. The van der Waals surface area contributed by atoms with E-state index in [0.29, 0.717) is 63.4 Å². The summed E-state index contributed by atoms with van der Waals surface area (Å²) < 4.78 is 30.0. The van der Waals surface area contributed by atoms with E-state index < -0.39 is 90.0 Å². The first-order chi connectivity index (χ1) is 32.7. The molecule has 388 valence electrons. The van der Waals surface area contributed by atoms with Crippen molar-refractivity contribution in [3.05, 3.63) is 47.6 Å². The van der Waals surface area contributed by atoms with Crippen molar-refractivity contribution in [2.75, 3.05) is 27.4 Å². The van der Waals surface area contributed by atoms with Gasteiger partial charge in [0, 0.05) is 57.8 Å². The van der Waals surface area contributed by atoms with Gasteiger partial charge in [-0.2, -0.15) is 0 Å². The van der Waals surface area contributed by atoms with Crippen LogP contribution in [0.3, 0.4) is 0 Å². The van der Waals surface area contributed by atoms with E-state index in [4.69, 9.17) is 23.7 Å². The molecule has 3 aliphatic heterocycles. The van der Waals surface area contributed by atoms with Crippen LogP contribution in [0.15, 0.2) is 47.6 Å². The molecule has 2 bridgehead atoms. The molecule has 1 amide bonds. The summed E-state index contributed by atoms with van der Waals surface area (Å²) >= 11 is 0. The molecule has 4 rings (SSSR count). The zero-order chi connectivity index (χ0) is 51.0. The molecule has 3 fully saturated rings. The summed E-state index contributed by atoms with van der Waals surface area (Å²) in [6.07, 6.45) is 11.2. The summed E-state index contributed by atoms with van der Waals surface area (Å²) in [5.41, 5.74) is 1.30. The second-order valence-electron chi connectivity index (χ2n) is 20.6. The maximum Gasteiger partial charge on any atom is 0.329 e. The molecule has 0 radical (unpaired) electrons. The van der Waals surface area contributed by atoms with Crippen LogP contribution in [-0.2, 0) is 42.9 Å². The molecule has 16 atom stereocenters. The number of nitrogens with zero attached hydrogens (tertiary/aromatic N) is 1. The third kappa shape index (κ3) is 16.2. The van der Waals surface area contributed by atoms with Crippen molar-refractivity contribution in [1.82, 2.24) is 4.90 Å². The summed E-state index contributed by atoms with van der Waals surface area (Å²) in [5.74, 6) is -1.37. The lowest BCUT2D eigenvalue weighted by atomic mass is 9.78. The number of hydrogen-bond donors (Lipinski definition) is 4. The van der Waals surface area contributed by atoms with Gasteiger partial charge in [0.2, 0.25) is 5.79 Å². The largest absolute Gasteiger partial charge is 0.460 e. The first kappa shape index (κ1) is 58.1. The highest BCUT2D eigenvalue weighted by molar-refractivity contribution is 6.39. The highest BCUT2D eigenvalue weighted by atomic mass is 16.6. The SMILES string of the molecule is CCC#CCO[C@H]1C[C@@H]2CC[C@@H](C)[C@@](O)(O2)C(=O)C(=O)N2CCCC[C@H]2C(=O)O[C@H]([C@H](C)C[C@H]2CC[C@@H](O)[C@H](OC)C2)C[C@H](O)[C@H](C)/C=C(\C)[C@@H](O)[C@@H](OC)C(=O)[C@H](C)C[C@H](C)/C=C/C=C/C=C/1C. The number of fused-ring (bicyclic) bond motifs is 3. The van der Waals surface area contributed by atoms with Crippen molar-refractivity contribution >= 4 is 23.4 Å². The van der Waals surface area contributed by atoms with E-state index in [-0.39, 0.29) is 62.1 Å². The molecule has 0 aromatic carbocycles. The lowest BCUT2D eigenvalue weighted by Gasteiger charge is -2.43. The number of rotatable bonds is 7. The molecule has 14 heteroatoms. The lowest BCUT2D eigenvalue weighted by molar-refractivity contribution is -0.265. The maximum atomic E-state index is 14.5. The normalized spacial score (nSPS) is 39.6. The molecule has 0 spiro atoms. The quantitative estimate of drug-likeness (QED) is 0.0905. The lowest BCUT2D eigenvalue weighted by Crippen LogP contribution is -2.61. The van der Waals surface area contributed by atoms with Crippen molar-refractivity contribution in [2.45, 2.75) is 200 Å². The highest BCUT2D eigenvalue weighted by Crippen LogP contribution is 2.38. The van der Waals surface area contributed by atoms with Crippen molar-refractivity contribution in [3.63, 3.8) is 0 Å². The smallest absolute Gasteiger partial charge is 0.329 e. The van der Waals surface area contributed by atoms with Gasteiger partial charge in [0.05, 0.1) is 30.5 Å². The van der Waals surface area contributed by atoms with Crippen molar-refractivity contribution in [2.24, 2.45) is 35.5 Å². The van der Waals surface area contributed by atoms with Crippen LogP contribution in [0.25, 0.3) is 0 Å². The van der Waals surface area contributed by atoms with Crippen LogP contribution in [0.4, 0.5) is 0 Å². The van der Waals surface area contributed by atoms with Gasteiger partial charge in [-0.25, -0.2) is 4.79 Å². The number of cyclic esters (lactones) is 1. The predicted octanol–water partition coefficient (Wildman–Crippen LogP) is 6.76. The van der Waals surface area contributed by atoms with Gasteiger partial charge < -0.3 is 49.0 Å². The van der Waals surface area contributed by atoms with Crippen LogP contribution in [0.2, 0.25) is 0 Å². The van der Waals surface area contributed by atoms with Crippen LogP contribution in [0.5, 0.6) is 0 Å². The molecule has 1 saturated carbocycles. The third-order valence-corrected chi connectivity index (χ3v) is 15.0. The Morgan fingerprint density at radius 2 is 1.59 bits per heavy atom. The number of ketones is 2. The van der Waals surface area contributed by atoms with E-state index in [2.05, 4.69) is 11.8 Å². The summed E-state index contributed by atoms with van der Waals surface area (Å²) in [7, 11) is 2.97. The van der Waals surface area contributed by atoms with Gasteiger partial charge >= 0.3 is 5.97 Å². The molecule has 3 heterocycles. The average Bonchev–Trinajstić information content (AvgIpc) is 3.32. The van der Waals surface area contributed by atoms with Crippen LogP contribution in [0, 0.1) is 47.3 Å². The summed E-state index contributed by atoms with van der Waals surface area (Å²) in [5, 5.41) is 45.9. The van der Waals surface area contributed by atoms with Crippen molar-refractivity contribution in [1.29, 1.82) is 0 Å². The minimum atomic E-state index is -2.45. The molecule has 14 nitrogen and oxygen atoms in total. The Bertz CT molecular complexity index is 1880. The fourth-order valence-electron chi connectivity index (χ4n) is 10.5. The summed E-state index contributed by atoms with van der Waals surface area (Å²) in [6.45, 7) is 15.1. The van der Waals surface area contributed by atoms with E-state index in [0.717, 1.165) is 12.0 Å². The number of methoxy groups -OCH3 is 2. The number of aliphatic hydroxyl groups excluding tert-OH is 3. The van der Waals surface area contributed by atoms with Gasteiger partial charge in [-0.1, -0.05) is 83.9 Å². The topological polar surface area (TPSA) is 199 Å². The van der Waals surface area contributed by atoms with Crippen LogP contribution in [-0.4, -0.2) is 137 Å². The van der Waals surface area contributed by atoms with Crippen LogP contribution < -0.4 is 0 Å². The van der Waals surface area contributed by atoms with Crippen molar-refractivity contribution < 1.29 is 63.3 Å². The Morgan fingerprint density at radius 1 is 0.855 bits per heavy atom. The Labute approximate surface area is 412 Å². The second kappa shape index (κ2) is 27.9.